The number of halogens is 3. The molecule has 0 radical (unpaired) electrons. The second-order valence-electron chi connectivity index (χ2n) is 9.07. The third kappa shape index (κ3) is 5.74. The van der Waals surface area contributed by atoms with Crippen molar-refractivity contribution < 1.29 is 27.4 Å². The van der Waals surface area contributed by atoms with Gasteiger partial charge < -0.3 is 14.8 Å². The van der Waals surface area contributed by atoms with E-state index in [0.29, 0.717) is 37.3 Å². The highest BCUT2D eigenvalue weighted by molar-refractivity contribution is 5.83. The molecule has 5 nitrogen and oxygen atoms in total. The molecule has 0 saturated carbocycles. The molecule has 4 rings (SSSR count). The fraction of sp³-hybridized carbons (Fsp3) is 0.345. The number of carbonyl (C=O) groups is 1. The van der Waals surface area contributed by atoms with Crippen LogP contribution in [0, 0.1) is 0 Å². The van der Waals surface area contributed by atoms with Crippen LogP contribution < -0.4 is 14.8 Å². The maximum atomic E-state index is 13.2. The molecule has 1 aliphatic heterocycles. The molecule has 196 valence electrons. The average molecular weight is 513 g/mol. The molecule has 1 aliphatic rings. The van der Waals surface area contributed by atoms with E-state index in [1.807, 2.05) is 42.5 Å². The summed E-state index contributed by atoms with van der Waals surface area (Å²) in [5, 5.41) is 2.81. The molecule has 1 unspecified atom stereocenters. The van der Waals surface area contributed by atoms with Crippen LogP contribution in [0.3, 0.4) is 0 Å². The molecule has 0 saturated heterocycles. The maximum absolute atomic E-state index is 13.2. The van der Waals surface area contributed by atoms with Crippen molar-refractivity contribution in [3.63, 3.8) is 0 Å². The quantitative estimate of drug-likeness (QED) is 0.418. The molecule has 0 aromatic heterocycles. The Balaban J connectivity index is 1.73. The molecule has 1 amide bonds. The Kier molecular flexibility index (Phi) is 8.07. The number of rotatable bonds is 8. The Morgan fingerprint density at radius 1 is 1.03 bits per heavy atom. The fourth-order valence-corrected chi connectivity index (χ4v) is 5.11. The van der Waals surface area contributed by atoms with E-state index in [-0.39, 0.29) is 11.9 Å². The van der Waals surface area contributed by atoms with Crippen molar-refractivity contribution in [2.75, 3.05) is 27.8 Å². The van der Waals surface area contributed by atoms with Gasteiger partial charge in [-0.05, 0) is 65.8 Å². The summed E-state index contributed by atoms with van der Waals surface area (Å²) in [6, 6.07) is 18.2. The first kappa shape index (κ1) is 26.5. The predicted molar refractivity (Wildman–Crippen MR) is 136 cm³/mol. The smallest absolute Gasteiger partial charge is 0.416 e. The van der Waals surface area contributed by atoms with Crippen molar-refractivity contribution in [3.05, 3.63) is 94.5 Å². The molecule has 3 aromatic rings. The summed E-state index contributed by atoms with van der Waals surface area (Å²) in [4.78, 5) is 15.4. The maximum Gasteiger partial charge on any atom is 0.416 e. The van der Waals surface area contributed by atoms with E-state index in [4.69, 9.17) is 9.47 Å². The molecule has 1 N–H and O–H groups in total. The van der Waals surface area contributed by atoms with Gasteiger partial charge in [0, 0.05) is 19.6 Å². The topological polar surface area (TPSA) is 50.8 Å². The third-order valence-corrected chi connectivity index (χ3v) is 6.97. The average Bonchev–Trinajstić information content (AvgIpc) is 2.91. The summed E-state index contributed by atoms with van der Waals surface area (Å²) in [6.07, 6.45) is -2.51. The standard InChI is InChI=1S/C29H31F3N2O3/c1-33-28(35)27(20-7-5-4-6-8-20)34-16-15-21-17-25(36-2)26(37-3)18-23(21)24(34)14-11-19-9-12-22(13-10-19)29(30,31)32/h4-10,12-13,17-18,24,27H,11,14-16H2,1-3H3,(H,33,35)/t24-,27?/m0/s1. The number of nitrogens with one attached hydrogen (secondary N) is 1. The van der Waals surface area contributed by atoms with E-state index in [2.05, 4.69) is 10.2 Å². The van der Waals surface area contributed by atoms with E-state index in [9.17, 15) is 18.0 Å². The van der Waals surface area contributed by atoms with Gasteiger partial charge in [0.25, 0.3) is 0 Å². The van der Waals surface area contributed by atoms with Gasteiger partial charge in [0.2, 0.25) is 5.91 Å². The van der Waals surface area contributed by atoms with E-state index < -0.39 is 17.8 Å². The molecule has 2 atom stereocenters. The zero-order valence-electron chi connectivity index (χ0n) is 21.1. The minimum Gasteiger partial charge on any atom is -0.493 e. The Morgan fingerprint density at radius 3 is 2.27 bits per heavy atom. The van der Waals surface area contributed by atoms with Crippen molar-refractivity contribution >= 4 is 5.91 Å². The lowest BCUT2D eigenvalue weighted by Crippen LogP contribution is -2.44. The van der Waals surface area contributed by atoms with Crippen LogP contribution in [-0.2, 0) is 23.8 Å². The monoisotopic (exact) mass is 512 g/mol. The first-order valence-electron chi connectivity index (χ1n) is 12.2. The molecule has 0 fully saturated rings. The number of likely N-dealkylation sites (N-methyl/N-ethyl adjacent to an activating group) is 1. The number of alkyl halides is 3. The highest BCUT2D eigenvalue weighted by Gasteiger charge is 2.37. The van der Waals surface area contributed by atoms with Gasteiger partial charge in [0.15, 0.2) is 11.5 Å². The van der Waals surface area contributed by atoms with Crippen LogP contribution >= 0.6 is 0 Å². The van der Waals surface area contributed by atoms with Gasteiger partial charge in [-0.3, -0.25) is 9.69 Å². The van der Waals surface area contributed by atoms with E-state index >= 15 is 0 Å². The summed E-state index contributed by atoms with van der Waals surface area (Å²) in [5.74, 6) is 1.12. The molecule has 0 spiro atoms. The second-order valence-corrected chi connectivity index (χ2v) is 9.07. The molecule has 37 heavy (non-hydrogen) atoms. The first-order valence-corrected chi connectivity index (χ1v) is 12.2. The van der Waals surface area contributed by atoms with Crippen LogP contribution in [0.15, 0.2) is 66.7 Å². The van der Waals surface area contributed by atoms with Crippen LogP contribution in [0.1, 0.15) is 46.3 Å². The van der Waals surface area contributed by atoms with Gasteiger partial charge >= 0.3 is 6.18 Å². The van der Waals surface area contributed by atoms with Gasteiger partial charge in [-0.25, -0.2) is 0 Å². The van der Waals surface area contributed by atoms with Crippen LogP contribution in [-0.4, -0.2) is 38.6 Å². The number of aryl methyl sites for hydroxylation is 1. The largest absolute Gasteiger partial charge is 0.493 e. The van der Waals surface area contributed by atoms with Gasteiger partial charge in [0.05, 0.1) is 19.8 Å². The Morgan fingerprint density at radius 2 is 1.68 bits per heavy atom. The molecule has 0 aliphatic carbocycles. The number of ether oxygens (including phenoxy) is 2. The number of benzene rings is 3. The third-order valence-electron chi connectivity index (χ3n) is 6.97. The van der Waals surface area contributed by atoms with Gasteiger partial charge in [-0.15, -0.1) is 0 Å². The van der Waals surface area contributed by atoms with Crippen LogP contribution in [0.5, 0.6) is 11.5 Å². The molecule has 1 heterocycles. The van der Waals surface area contributed by atoms with E-state index in [0.717, 1.165) is 34.4 Å². The van der Waals surface area contributed by atoms with Crippen LogP contribution in [0.25, 0.3) is 0 Å². The fourth-order valence-electron chi connectivity index (χ4n) is 5.11. The Labute approximate surface area is 215 Å². The number of hydrogen-bond acceptors (Lipinski definition) is 4. The number of nitrogens with zero attached hydrogens (tertiary/aromatic N) is 1. The number of hydrogen-bond donors (Lipinski definition) is 1. The summed E-state index contributed by atoms with van der Waals surface area (Å²) >= 11 is 0. The Hall–Kier alpha value is -3.52. The lowest BCUT2D eigenvalue weighted by Gasteiger charge is -2.42. The summed E-state index contributed by atoms with van der Waals surface area (Å²) in [7, 11) is 4.80. The number of amides is 1. The highest BCUT2D eigenvalue weighted by Crippen LogP contribution is 2.43. The SMILES string of the molecule is CNC(=O)C(c1ccccc1)N1CCc2cc(OC)c(OC)cc2[C@@H]1CCc1ccc(C(F)(F)F)cc1. The minimum absolute atomic E-state index is 0.116. The van der Waals surface area contributed by atoms with Crippen molar-refractivity contribution in [2.45, 2.75) is 37.5 Å². The van der Waals surface area contributed by atoms with Crippen LogP contribution in [0.4, 0.5) is 13.2 Å². The van der Waals surface area contributed by atoms with Crippen LogP contribution in [0.2, 0.25) is 0 Å². The zero-order chi connectivity index (χ0) is 26.6. The minimum atomic E-state index is -4.37. The zero-order valence-corrected chi connectivity index (χ0v) is 21.1. The molecule has 0 bridgehead atoms. The second kappa shape index (κ2) is 11.3. The number of fused-ring (bicyclic) bond motifs is 1. The summed E-state index contributed by atoms with van der Waals surface area (Å²) in [6.45, 7) is 0.632. The van der Waals surface area contributed by atoms with Gasteiger partial charge in [0.1, 0.15) is 6.04 Å². The van der Waals surface area contributed by atoms with Crippen molar-refractivity contribution in [1.29, 1.82) is 0 Å². The van der Waals surface area contributed by atoms with E-state index in [1.54, 1.807) is 21.3 Å². The molecular weight excluding hydrogens is 481 g/mol. The van der Waals surface area contributed by atoms with Crippen molar-refractivity contribution in [1.82, 2.24) is 10.2 Å². The van der Waals surface area contributed by atoms with Crippen molar-refractivity contribution in [2.24, 2.45) is 0 Å². The summed E-state index contributed by atoms with van der Waals surface area (Å²) in [5.41, 5.74) is 3.15. The lowest BCUT2D eigenvalue weighted by molar-refractivity contribution is -0.137. The normalized spacial score (nSPS) is 16.5. The number of carbonyl (C=O) groups excluding carboxylic acids is 1. The summed E-state index contributed by atoms with van der Waals surface area (Å²) < 4.78 is 50.2. The molecular formula is C29H31F3N2O3. The molecule has 3 aromatic carbocycles. The highest BCUT2D eigenvalue weighted by atomic mass is 19.4. The van der Waals surface area contributed by atoms with Gasteiger partial charge in [-0.1, -0.05) is 42.5 Å². The Bertz CT molecular complexity index is 1210. The predicted octanol–water partition coefficient (Wildman–Crippen LogP) is 5.74. The van der Waals surface area contributed by atoms with Crippen molar-refractivity contribution in [3.8, 4) is 11.5 Å². The first-order chi connectivity index (χ1) is 17.8. The number of methoxy groups -OCH3 is 2. The van der Waals surface area contributed by atoms with E-state index in [1.165, 1.54) is 12.1 Å². The van der Waals surface area contributed by atoms with Gasteiger partial charge in [-0.2, -0.15) is 13.2 Å². The lowest BCUT2D eigenvalue weighted by atomic mass is 9.86. The molecule has 8 heteroatoms.